The Morgan fingerprint density at radius 2 is 1.78 bits per heavy atom. The van der Waals surface area contributed by atoms with Crippen LogP contribution < -0.4 is 21.5 Å². The second kappa shape index (κ2) is 9.07. The van der Waals surface area contributed by atoms with Crippen LogP contribution in [0.15, 0.2) is 53.5 Å². The van der Waals surface area contributed by atoms with Gasteiger partial charge in [0.2, 0.25) is 0 Å². The molecule has 0 saturated carbocycles. The number of amides is 1. The lowest BCUT2D eigenvalue weighted by Crippen LogP contribution is -2.28. The Hall–Kier alpha value is -4.12. The van der Waals surface area contributed by atoms with Crippen LogP contribution in [0.2, 0.25) is 0 Å². The fourth-order valence-electron chi connectivity index (χ4n) is 4.42. The SMILES string of the molecule is CC(C)(C)n1cc2c(N3CC[C@@H](N)C3)c(NC(=O)c3ccc(=O)n(-c4c(F)cccc4F)n3)ccc2n1. The molecule has 192 valence electrons. The zero-order chi connectivity index (χ0) is 26.5. The number of hydrogen-bond acceptors (Lipinski definition) is 6. The molecule has 9 nitrogen and oxygen atoms in total. The number of nitrogens with two attached hydrogens (primary N) is 1. The largest absolute Gasteiger partial charge is 0.368 e. The van der Waals surface area contributed by atoms with E-state index in [2.05, 4.69) is 15.3 Å². The lowest BCUT2D eigenvalue weighted by Gasteiger charge is -2.23. The molecule has 0 bridgehead atoms. The van der Waals surface area contributed by atoms with Gasteiger partial charge in [-0.25, -0.2) is 8.78 Å². The van der Waals surface area contributed by atoms with Gasteiger partial charge in [0.05, 0.1) is 22.4 Å². The molecule has 3 N–H and O–H groups in total. The topological polar surface area (TPSA) is 111 Å². The van der Waals surface area contributed by atoms with Crippen LogP contribution in [0, 0.1) is 11.6 Å². The van der Waals surface area contributed by atoms with E-state index in [1.807, 2.05) is 37.7 Å². The lowest BCUT2D eigenvalue weighted by atomic mass is 10.1. The van der Waals surface area contributed by atoms with Gasteiger partial charge >= 0.3 is 0 Å². The number of anilines is 2. The van der Waals surface area contributed by atoms with E-state index in [0.717, 1.165) is 41.2 Å². The molecule has 1 aliphatic heterocycles. The van der Waals surface area contributed by atoms with Crippen molar-refractivity contribution in [2.45, 2.75) is 38.8 Å². The van der Waals surface area contributed by atoms with Crippen molar-refractivity contribution in [3.05, 3.63) is 76.3 Å². The number of para-hydroxylation sites is 1. The maximum absolute atomic E-state index is 14.3. The van der Waals surface area contributed by atoms with Gasteiger partial charge < -0.3 is 16.0 Å². The molecular weight excluding hydrogens is 480 g/mol. The molecule has 5 rings (SSSR count). The van der Waals surface area contributed by atoms with Gasteiger partial charge in [-0.3, -0.25) is 14.3 Å². The van der Waals surface area contributed by atoms with Crippen LogP contribution in [-0.2, 0) is 5.54 Å². The Balaban J connectivity index is 1.56. The van der Waals surface area contributed by atoms with Crippen LogP contribution in [0.5, 0.6) is 0 Å². The number of hydrogen-bond donors (Lipinski definition) is 2. The third kappa shape index (κ3) is 4.57. The smallest absolute Gasteiger partial charge is 0.276 e. The minimum atomic E-state index is -0.971. The summed E-state index contributed by atoms with van der Waals surface area (Å²) in [6.45, 7) is 7.46. The zero-order valence-electron chi connectivity index (χ0n) is 20.7. The minimum absolute atomic E-state index is 0.00245. The van der Waals surface area contributed by atoms with Gasteiger partial charge in [0.1, 0.15) is 11.4 Å². The Labute approximate surface area is 211 Å². The summed E-state index contributed by atoms with van der Waals surface area (Å²) in [5.74, 6) is -2.58. The summed E-state index contributed by atoms with van der Waals surface area (Å²) in [5, 5.41) is 12.4. The summed E-state index contributed by atoms with van der Waals surface area (Å²) >= 11 is 0. The number of aromatic nitrogens is 4. The number of carbonyl (C=O) groups excluding carboxylic acids is 1. The van der Waals surface area contributed by atoms with Gasteiger partial charge in [-0.05, 0) is 57.5 Å². The molecule has 1 fully saturated rings. The molecule has 3 heterocycles. The van der Waals surface area contributed by atoms with Crippen LogP contribution in [0.4, 0.5) is 20.2 Å². The monoisotopic (exact) mass is 507 g/mol. The molecule has 1 amide bonds. The van der Waals surface area contributed by atoms with Crippen molar-refractivity contribution in [3.63, 3.8) is 0 Å². The quantitative estimate of drug-likeness (QED) is 0.438. The van der Waals surface area contributed by atoms with E-state index < -0.39 is 28.8 Å². The first-order valence-corrected chi connectivity index (χ1v) is 11.9. The molecule has 0 aliphatic carbocycles. The highest BCUT2D eigenvalue weighted by Crippen LogP contribution is 2.37. The predicted octanol–water partition coefficient (Wildman–Crippen LogP) is 3.41. The number of rotatable bonds is 4. The summed E-state index contributed by atoms with van der Waals surface area (Å²) in [6.07, 6.45) is 2.75. The zero-order valence-corrected chi connectivity index (χ0v) is 20.7. The minimum Gasteiger partial charge on any atom is -0.368 e. The van der Waals surface area contributed by atoms with Crippen LogP contribution >= 0.6 is 0 Å². The molecular formula is C26H27F2N7O2. The van der Waals surface area contributed by atoms with Gasteiger partial charge in [0.15, 0.2) is 11.6 Å². The van der Waals surface area contributed by atoms with Crippen molar-refractivity contribution in [1.29, 1.82) is 0 Å². The van der Waals surface area contributed by atoms with Crippen LogP contribution in [0.3, 0.4) is 0 Å². The average molecular weight is 508 g/mol. The fourth-order valence-corrected chi connectivity index (χ4v) is 4.42. The van der Waals surface area contributed by atoms with Gasteiger partial charge in [0.25, 0.3) is 11.5 Å². The van der Waals surface area contributed by atoms with E-state index in [9.17, 15) is 18.4 Å². The summed E-state index contributed by atoms with van der Waals surface area (Å²) in [4.78, 5) is 27.7. The van der Waals surface area contributed by atoms with Gasteiger partial charge in [-0.2, -0.15) is 14.9 Å². The third-order valence-corrected chi connectivity index (χ3v) is 6.32. The predicted molar refractivity (Wildman–Crippen MR) is 137 cm³/mol. The Morgan fingerprint density at radius 1 is 1.05 bits per heavy atom. The van der Waals surface area contributed by atoms with E-state index in [-0.39, 0.29) is 17.3 Å². The standard InChI is InChI=1S/C26H27F2N7O2/c1-26(2,3)34-14-16-19(31-34)7-8-20(23(16)33-12-11-15(29)13-33)30-25(37)21-9-10-22(36)35(32-21)24-17(27)5-4-6-18(24)28/h4-10,14-15H,11-13,29H2,1-3H3,(H,30,37)/t15-/m1/s1. The molecule has 1 saturated heterocycles. The number of halogens is 2. The normalized spacial score (nSPS) is 15.9. The lowest BCUT2D eigenvalue weighted by molar-refractivity contribution is 0.102. The number of nitrogens with one attached hydrogen (secondary N) is 1. The maximum Gasteiger partial charge on any atom is 0.276 e. The van der Waals surface area contributed by atoms with Crippen molar-refractivity contribution in [1.82, 2.24) is 19.6 Å². The molecule has 37 heavy (non-hydrogen) atoms. The summed E-state index contributed by atoms with van der Waals surface area (Å²) in [5.41, 5.74) is 6.38. The van der Waals surface area contributed by atoms with Crippen molar-refractivity contribution in [2.75, 3.05) is 23.3 Å². The van der Waals surface area contributed by atoms with E-state index in [1.54, 1.807) is 6.07 Å². The average Bonchev–Trinajstić information content (AvgIpc) is 3.46. The molecule has 4 aromatic rings. The second-order valence-corrected chi connectivity index (χ2v) is 10.1. The highest BCUT2D eigenvalue weighted by Gasteiger charge is 2.27. The molecule has 1 atom stereocenters. The number of benzene rings is 2. The Bertz CT molecular complexity index is 1550. The van der Waals surface area contributed by atoms with Crippen molar-refractivity contribution in [2.24, 2.45) is 5.73 Å². The molecule has 11 heteroatoms. The van der Waals surface area contributed by atoms with E-state index in [1.165, 1.54) is 12.1 Å². The molecule has 0 spiro atoms. The summed E-state index contributed by atoms with van der Waals surface area (Å²) in [7, 11) is 0. The van der Waals surface area contributed by atoms with E-state index in [0.29, 0.717) is 23.5 Å². The fraction of sp³-hybridized carbons (Fsp3) is 0.308. The van der Waals surface area contributed by atoms with Crippen LogP contribution in [0.25, 0.3) is 16.6 Å². The van der Waals surface area contributed by atoms with Crippen LogP contribution in [0.1, 0.15) is 37.7 Å². The molecule has 0 unspecified atom stereocenters. The van der Waals surface area contributed by atoms with E-state index >= 15 is 0 Å². The van der Waals surface area contributed by atoms with Crippen LogP contribution in [-0.4, -0.2) is 44.6 Å². The number of carbonyl (C=O) groups is 1. The first-order valence-electron chi connectivity index (χ1n) is 11.9. The van der Waals surface area contributed by atoms with Crippen molar-refractivity contribution >= 4 is 28.2 Å². The second-order valence-electron chi connectivity index (χ2n) is 10.1. The summed E-state index contributed by atoms with van der Waals surface area (Å²) < 4.78 is 31.1. The van der Waals surface area contributed by atoms with Gasteiger partial charge in [0, 0.05) is 36.8 Å². The van der Waals surface area contributed by atoms with Crippen molar-refractivity contribution in [3.8, 4) is 5.69 Å². The molecule has 2 aromatic carbocycles. The van der Waals surface area contributed by atoms with E-state index in [4.69, 9.17) is 10.8 Å². The van der Waals surface area contributed by atoms with Gasteiger partial charge in [-0.15, -0.1) is 0 Å². The highest BCUT2D eigenvalue weighted by molar-refractivity contribution is 6.08. The third-order valence-electron chi connectivity index (χ3n) is 6.32. The molecule has 1 aliphatic rings. The first kappa shape index (κ1) is 24.6. The van der Waals surface area contributed by atoms with Gasteiger partial charge in [-0.1, -0.05) is 6.07 Å². The highest BCUT2D eigenvalue weighted by atomic mass is 19.1. The molecule has 0 radical (unpaired) electrons. The van der Waals surface area contributed by atoms with Crippen molar-refractivity contribution < 1.29 is 13.6 Å². The maximum atomic E-state index is 14.3. The Morgan fingerprint density at radius 3 is 2.43 bits per heavy atom. The Kier molecular flexibility index (Phi) is 6.03. The first-order chi connectivity index (χ1) is 17.5. The number of fused-ring (bicyclic) bond motifs is 1. The number of nitrogens with zero attached hydrogens (tertiary/aromatic N) is 5. The summed E-state index contributed by atoms with van der Waals surface area (Å²) in [6, 6.07) is 9.04. The molecule has 2 aromatic heterocycles.